The van der Waals surface area contributed by atoms with E-state index in [1.807, 2.05) is 6.92 Å². The van der Waals surface area contributed by atoms with Gasteiger partial charge in [0.05, 0.1) is 18.8 Å². The van der Waals surface area contributed by atoms with Crippen molar-refractivity contribution in [1.82, 2.24) is 19.5 Å². The van der Waals surface area contributed by atoms with Crippen LogP contribution < -0.4 is 0 Å². The van der Waals surface area contributed by atoms with E-state index in [2.05, 4.69) is 10.1 Å². The van der Waals surface area contributed by atoms with Crippen LogP contribution >= 0.6 is 11.3 Å². The van der Waals surface area contributed by atoms with Crippen LogP contribution in [-0.4, -0.2) is 39.1 Å². The van der Waals surface area contributed by atoms with E-state index in [0.717, 1.165) is 29.8 Å². The van der Waals surface area contributed by atoms with Crippen LogP contribution in [0.15, 0.2) is 11.6 Å². The summed E-state index contributed by atoms with van der Waals surface area (Å²) in [5.41, 5.74) is -0.187. The third-order valence-electron chi connectivity index (χ3n) is 3.82. The van der Waals surface area contributed by atoms with Gasteiger partial charge in [-0.1, -0.05) is 24.7 Å². The highest BCUT2D eigenvalue weighted by molar-refractivity contribution is 7.16. The molecule has 0 bridgehead atoms. The zero-order chi connectivity index (χ0) is 18.2. The Morgan fingerprint density at radius 1 is 1.40 bits per heavy atom. The number of methoxy groups -OCH3 is 1. The molecular weight excluding hydrogens is 357 g/mol. The normalized spacial score (nSPS) is 15.5. The van der Waals surface area contributed by atoms with E-state index >= 15 is 0 Å². The second-order valence-electron chi connectivity index (χ2n) is 5.77. The van der Waals surface area contributed by atoms with Crippen LogP contribution in [0, 0.1) is 0 Å². The molecular formula is C15H17F3N4O2S. The van der Waals surface area contributed by atoms with Crippen LogP contribution in [0.1, 0.15) is 36.2 Å². The first-order valence-corrected chi connectivity index (χ1v) is 8.57. The van der Waals surface area contributed by atoms with Crippen molar-refractivity contribution >= 4 is 22.2 Å². The fourth-order valence-electron chi connectivity index (χ4n) is 2.80. The third kappa shape index (κ3) is 3.54. The largest absolute Gasteiger partial charge is 0.435 e. The highest BCUT2D eigenvalue weighted by atomic mass is 32.1. The summed E-state index contributed by atoms with van der Waals surface area (Å²) >= 11 is 1.04. The molecule has 3 rings (SSSR count). The summed E-state index contributed by atoms with van der Waals surface area (Å²) in [6.07, 6.45) is -1.46. The Morgan fingerprint density at radius 3 is 2.80 bits per heavy atom. The van der Waals surface area contributed by atoms with Crippen molar-refractivity contribution in [3.63, 3.8) is 0 Å². The van der Waals surface area contributed by atoms with Gasteiger partial charge in [0.1, 0.15) is 5.01 Å². The number of carbonyl (C=O) groups excluding carboxylic acids is 1. The van der Waals surface area contributed by atoms with E-state index in [1.165, 1.54) is 22.6 Å². The van der Waals surface area contributed by atoms with Gasteiger partial charge in [0.15, 0.2) is 5.69 Å². The van der Waals surface area contributed by atoms with E-state index < -0.39 is 11.9 Å². The number of nitrogens with zero attached hydrogens (tertiary/aromatic N) is 4. The Labute approximate surface area is 145 Å². The molecule has 6 nitrogen and oxygen atoms in total. The number of hydrogen-bond acceptors (Lipinski definition) is 5. The molecule has 2 aromatic rings. The number of ether oxygens (including phenoxy) is 1. The Bertz CT molecular complexity index is 825. The predicted molar refractivity (Wildman–Crippen MR) is 85.0 cm³/mol. The summed E-state index contributed by atoms with van der Waals surface area (Å²) < 4.78 is 46.2. The van der Waals surface area contributed by atoms with E-state index in [9.17, 15) is 18.0 Å². The molecule has 1 aliphatic rings. The van der Waals surface area contributed by atoms with Gasteiger partial charge in [-0.25, -0.2) is 9.50 Å². The van der Waals surface area contributed by atoms with Crippen molar-refractivity contribution in [2.45, 2.75) is 39.1 Å². The fourth-order valence-corrected chi connectivity index (χ4v) is 3.69. The number of carbonyl (C=O) groups is 1. The van der Waals surface area contributed by atoms with Gasteiger partial charge in [-0.3, -0.25) is 4.79 Å². The van der Waals surface area contributed by atoms with Gasteiger partial charge in [0, 0.05) is 19.7 Å². The van der Waals surface area contributed by atoms with Crippen LogP contribution in [0.5, 0.6) is 0 Å². The minimum Gasteiger partial charge on any atom is -0.377 e. The minimum absolute atomic E-state index is 0.124. The first-order valence-electron chi connectivity index (χ1n) is 7.75. The molecule has 1 amide bonds. The first kappa shape index (κ1) is 17.9. The molecule has 0 saturated carbocycles. The maximum atomic E-state index is 13.3. The Balaban J connectivity index is 1.94. The number of imidazole rings is 1. The van der Waals surface area contributed by atoms with E-state index in [4.69, 9.17) is 4.74 Å². The highest BCUT2D eigenvalue weighted by Crippen LogP contribution is 2.34. The van der Waals surface area contributed by atoms with E-state index in [1.54, 1.807) is 0 Å². The maximum absolute atomic E-state index is 13.3. The lowest BCUT2D eigenvalue weighted by Crippen LogP contribution is -2.27. The molecule has 136 valence electrons. The zero-order valence-corrected chi connectivity index (χ0v) is 14.6. The van der Waals surface area contributed by atoms with Gasteiger partial charge < -0.3 is 9.64 Å². The average Bonchev–Trinajstić information content (AvgIpc) is 3.15. The van der Waals surface area contributed by atoms with Gasteiger partial charge in [-0.15, -0.1) is 0 Å². The first-order chi connectivity index (χ1) is 11.8. The molecule has 0 fully saturated rings. The number of halogens is 3. The molecule has 0 spiro atoms. The fraction of sp³-hybridized carbons (Fsp3) is 0.533. The molecule has 0 aliphatic carbocycles. The summed E-state index contributed by atoms with van der Waals surface area (Å²) in [5, 5.41) is 4.68. The van der Waals surface area contributed by atoms with E-state index in [0.29, 0.717) is 11.6 Å². The number of fused-ring (bicyclic) bond motifs is 1. The van der Waals surface area contributed by atoms with Gasteiger partial charge in [-0.05, 0) is 12.0 Å². The summed E-state index contributed by atoms with van der Waals surface area (Å²) in [5.74, 6) is -0.279. The number of aromatic nitrogens is 3. The average molecular weight is 374 g/mol. The summed E-state index contributed by atoms with van der Waals surface area (Å²) in [6, 6.07) is 0. The minimum atomic E-state index is -4.60. The molecule has 1 aliphatic heterocycles. The lowest BCUT2D eigenvalue weighted by molar-refractivity contribution is -0.142. The Kier molecular flexibility index (Phi) is 4.83. The molecule has 0 saturated heterocycles. The van der Waals surface area contributed by atoms with Crippen LogP contribution in [0.4, 0.5) is 13.2 Å². The Hall–Kier alpha value is -1.94. The number of alkyl halides is 3. The molecule has 2 aromatic heterocycles. The molecule has 3 heterocycles. The van der Waals surface area contributed by atoms with Gasteiger partial charge in [-0.2, -0.15) is 18.3 Å². The van der Waals surface area contributed by atoms with Crippen LogP contribution in [0.25, 0.3) is 4.96 Å². The number of rotatable bonds is 6. The van der Waals surface area contributed by atoms with Gasteiger partial charge >= 0.3 is 6.18 Å². The number of hydrogen-bond donors (Lipinski definition) is 0. The van der Waals surface area contributed by atoms with Gasteiger partial charge in [0.2, 0.25) is 10.9 Å². The monoisotopic (exact) mass is 374 g/mol. The van der Waals surface area contributed by atoms with E-state index in [-0.39, 0.29) is 29.7 Å². The molecule has 0 aromatic carbocycles. The van der Waals surface area contributed by atoms with Gasteiger partial charge in [0.25, 0.3) is 0 Å². The zero-order valence-electron chi connectivity index (χ0n) is 13.8. The van der Waals surface area contributed by atoms with Crippen molar-refractivity contribution in [3.05, 3.63) is 28.0 Å². The van der Waals surface area contributed by atoms with Crippen LogP contribution in [0.3, 0.4) is 0 Å². The topological polar surface area (TPSA) is 59.7 Å². The summed E-state index contributed by atoms with van der Waals surface area (Å²) in [4.78, 5) is 17.3. The third-order valence-corrected chi connectivity index (χ3v) is 4.70. The smallest absolute Gasteiger partial charge is 0.377 e. The summed E-state index contributed by atoms with van der Waals surface area (Å²) in [7, 11) is 1.48. The van der Waals surface area contributed by atoms with Crippen LogP contribution in [0.2, 0.25) is 0 Å². The van der Waals surface area contributed by atoms with Crippen molar-refractivity contribution in [3.8, 4) is 0 Å². The second-order valence-corrected chi connectivity index (χ2v) is 6.82. The quantitative estimate of drug-likeness (QED) is 0.780. The summed E-state index contributed by atoms with van der Waals surface area (Å²) in [6.45, 7) is 2.34. The molecule has 0 unspecified atom stereocenters. The lowest BCUT2D eigenvalue weighted by Gasteiger charge is -2.17. The Morgan fingerprint density at radius 2 is 2.16 bits per heavy atom. The highest BCUT2D eigenvalue weighted by Gasteiger charge is 2.40. The predicted octanol–water partition coefficient (Wildman–Crippen LogP) is 3.02. The standard InChI is InChI=1S/C15H17F3N4O2S/c1-3-4-9-5-12(23)21(6-9)7-10-13(15(16,17)18)19-14-22(10)20-11(25-14)8-24-2/h5H,3-4,6-8H2,1-2H3. The van der Waals surface area contributed by atoms with Crippen molar-refractivity contribution in [1.29, 1.82) is 0 Å². The molecule has 0 radical (unpaired) electrons. The van der Waals surface area contributed by atoms with Crippen molar-refractivity contribution in [2.24, 2.45) is 0 Å². The lowest BCUT2D eigenvalue weighted by atomic mass is 10.1. The second kappa shape index (κ2) is 6.75. The SMILES string of the molecule is CCCC1=CC(=O)N(Cc2c(C(F)(F)F)nc3sc(COC)nn23)C1. The number of amides is 1. The molecule has 25 heavy (non-hydrogen) atoms. The maximum Gasteiger partial charge on any atom is 0.435 e. The molecule has 0 N–H and O–H groups in total. The molecule has 0 atom stereocenters. The van der Waals surface area contributed by atoms with Crippen LogP contribution in [-0.2, 0) is 28.9 Å². The van der Waals surface area contributed by atoms with Crippen molar-refractivity contribution < 1.29 is 22.7 Å². The molecule has 10 heteroatoms. The van der Waals surface area contributed by atoms with Crippen molar-refractivity contribution in [2.75, 3.05) is 13.7 Å².